The van der Waals surface area contributed by atoms with Gasteiger partial charge in [0.2, 0.25) is 0 Å². The quantitative estimate of drug-likeness (QED) is 0.485. The molecule has 0 saturated carbocycles. The number of benzene rings is 2. The molecule has 0 amide bonds. The van der Waals surface area contributed by atoms with Crippen LogP contribution in [0.3, 0.4) is 0 Å². The van der Waals surface area contributed by atoms with Gasteiger partial charge in [-0.2, -0.15) is 0 Å². The molecule has 0 radical (unpaired) electrons. The summed E-state index contributed by atoms with van der Waals surface area (Å²) in [6, 6.07) is 20.2. The molecule has 2 aromatic heterocycles. The second kappa shape index (κ2) is 7.41. The molecule has 4 rings (SSSR count). The molecule has 5 nitrogen and oxygen atoms in total. The number of nitrogens with one attached hydrogen (secondary N) is 2. The van der Waals surface area contributed by atoms with E-state index in [0.29, 0.717) is 11.7 Å². The van der Waals surface area contributed by atoms with Crippen molar-refractivity contribution in [2.75, 3.05) is 10.6 Å². The summed E-state index contributed by atoms with van der Waals surface area (Å²) in [4.78, 5) is 13.2. The Hall–Kier alpha value is -3.47. The van der Waals surface area contributed by atoms with Crippen LogP contribution in [0, 0.1) is 0 Å². The molecule has 0 aliphatic carbocycles. The summed E-state index contributed by atoms with van der Waals surface area (Å²) in [6.45, 7) is 4.36. The molecule has 0 aliphatic heterocycles. The number of rotatable bonds is 5. The maximum absolute atomic E-state index is 4.48. The van der Waals surface area contributed by atoms with E-state index in [1.807, 2.05) is 42.5 Å². The van der Waals surface area contributed by atoms with E-state index in [-0.39, 0.29) is 0 Å². The Kier molecular flexibility index (Phi) is 4.66. The zero-order valence-electron chi connectivity index (χ0n) is 15.3. The van der Waals surface area contributed by atoms with Gasteiger partial charge in [-0.3, -0.25) is 4.98 Å². The highest BCUT2D eigenvalue weighted by atomic mass is 15.1. The third-order valence-electron chi connectivity index (χ3n) is 4.41. The van der Waals surface area contributed by atoms with Crippen molar-refractivity contribution in [3.63, 3.8) is 0 Å². The Morgan fingerprint density at radius 2 is 1.44 bits per heavy atom. The molecule has 134 valence electrons. The highest BCUT2D eigenvalue weighted by Gasteiger charge is 2.08. The van der Waals surface area contributed by atoms with Crippen LogP contribution in [-0.2, 0) is 0 Å². The maximum atomic E-state index is 4.48. The number of nitrogens with zero attached hydrogens (tertiary/aromatic N) is 3. The number of pyridine rings is 1. The number of fused-ring (bicyclic) bond motifs is 1. The molecule has 0 bridgehead atoms. The minimum Gasteiger partial charge on any atom is -0.340 e. The topological polar surface area (TPSA) is 62.7 Å². The first-order chi connectivity index (χ1) is 13.2. The standard InChI is InChI=1S/C22H21N5/c1-15(2)17-9-3-4-10-18(17)26-20-13-21(25-14-24-20)27-19-11-5-7-16-8-6-12-23-22(16)19/h3-15H,1-2H3,(H2,24,25,26,27). The van der Waals surface area contributed by atoms with Crippen LogP contribution in [0.25, 0.3) is 10.9 Å². The van der Waals surface area contributed by atoms with E-state index in [1.165, 1.54) is 5.56 Å². The summed E-state index contributed by atoms with van der Waals surface area (Å²) in [5.74, 6) is 1.89. The van der Waals surface area contributed by atoms with Crippen LogP contribution in [0.2, 0.25) is 0 Å². The van der Waals surface area contributed by atoms with Crippen molar-refractivity contribution < 1.29 is 0 Å². The van der Waals surface area contributed by atoms with Gasteiger partial charge in [0.1, 0.15) is 18.0 Å². The van der Waals surface area contributed by atoms with Crippen molar-refractivity contribution in [2.24, 2.45) is 0 Å². The normalized spacial score (nSPS) is 10.9. The first-order valence-corrected chi connectivity index (χ1v) is 8.99. The Bertz CT molecular complexity index is 1070. The molecule has 0 aliphatic rings. The predicted molar refractivity (Wildman–Crippen MR) is 111 cm³/mol. The molecule has 5 heteroatoms. The van der Waals surface area contributed by atoms with E-state index in [9.17, 15) is 0 Å². The number of para-hydroxylation sites is 2. The van der Waals surface area contributed by atoms with Gasteiger partial charge < -0.3 is 10.6 Å². The van der Waals surface area contributed by atoms with Crippen LogP contribution >= 0.6 is 0 Å². The lowest BCUT2D eigenvalue weighted by atomic mass is 10.0. The molecule has 2 N–H and O–H groups in total. The molecule has 0 fully saturated rings. The van der Waals surface area contributed by atoms with Gasteiger partial charge in [0, 0.05) is 23.3 Å². The van der Waals surface area contributed by atoms with E-state index >= 15 is 0 Å². The van der Waals surface area contributed by atoms with Gasteiger partial charge in [0.15, 0.2) is 0 Å². The van der Waals surface area contributed by atoms with Crippen molar-refractivity contribution in [2.45, 2.75) is 19.8 Å². The minimum atomic E-state index is 0.426. The Labute approximate surface area is 158 Å². The maximum Gasteiger partial charge on any atom is 0.135 e. The van der Waals surface area contributed by atoms with Gasteiger partial charge in [-0.05, 0) is 29.7 Å². The molecule has 4 aromatic rings. The minimum absolute atomic E-state index is 0.426. The first kappa shape index (κ1) is 17.0. The Balaban J connectivity index is 1.62. The van der Waals surface area contributed by atoms with E-state index < -0.39 is 0 Å². The highest BCUT2D eigenvalue weighted by Crippen LogP contribution is 2.28. The van der Waals surface area contributed by atoms with Crippen LogP contribution < -0.4 is 10.6 Å². The number of hydrogen-bond donors (Lipinski definition) is 2. The summed E-state index contributed by atoms with van der Waals surface area (Å²) < 4.78 is 0. The smallest absolute Gasteiger partial charge is 0.135 e. The van der Waals surface area contributed by atoms with E-state index in [1.54, 1.807) is 12.5 Å². The fourth-order valence-corrected chi connectivity index (χ4v) is 3.09. The van der Waals surface area contributed by atoms with Gasteiger partial charge in [-0.25, -0.2) is 9.97 Å². The van der Waals surface area contributed by atoms with Crippen LogP contribution in [0.15, 0.2) is 73.2 Å². The largest absolute Gasteiger partial charge is 0.340 e. The lowest BCUT2D eigenvalue weighted by molar-refractivity contribution is 0.869. The van der Waals surface area contributed by atoms with Gasteiger partial charge in [-0.1, -0.05) is 50.2 Å². The van der Waals surface area contributed by atoms with Crippen LogP contribution in [0.4, 0.5) is 23.0 Å². The molecule has 0 unspecified atom stereocenters. The van der Waals surface area contributed by atoms with Crippen LogP contribution in [0.1, 0.15) is 25.3 Å². The summed E-state index contributed by atoms with van der Waals surface area (Å²) in [5, 5.41) is 7.85. The molecule has 0 saturated heterocycles. The Morgan fingerprint density at radius 1 is 0.741 bits per heavy atom. The van der Waals surface area contributed by atoms with Gasteiger partial charge in [-0.15, -0.1) is 0 Å². The zero-order chi connectivity index (χ0) is 18.6. The highest BCUT2D eigenvalue weighted by molar-refractivity contribution is 5.91. The van der Waals surface area contributed by atoms with Crippen molar-refractivity contribution in [3.05, 3.63) is 78.8 Å². The summed E-state index contributed by atoms with van der Waals surface area (Å²) >= 11 is 0. The number of aromatic nitrogens is 3. The predicted octanol–water partition coefficient (Wildman–Crippen LogP) is 5.64. The van der Waals surface area contributed by atoms with Crippen molar-refractivity contribution in [1.29, 1.82) is 0 Å². The van der Waals surface area contributed by atoms with Crippen LogP contribution in [0.5, 0.6) is 0 Å². The second-order valence-corrected chi connectivity index (χ2v) is 6.66. The van der Waals surface area contributed by atoms with Gasteiger partial charge in [0.25, 0.3) is 0 Å². The zero-order valence-corrected chi connectivity index (χ0v) is 15.3. The molecular weight excluding hydrogens is 334 g/mol. The van der Waals surface area contributed by atoms with Gasteiger partial charge >= 0.3 is 0 Å². The Morgan fingerprint density at radius 3 is 2.26 bits per heavy atom. The van der Waals surface area contributed by atoms with Gasteiger partial charge in [0.05, 0.1) is 11.2 Å². The lowest BCUT2D eigenvalue weighted by Crippen LogP contribution is -2.01. The lowest BCUT2D eigenvalue weighted by Gasteiger charge is -2.14. The fourth-order valence-electron chi connectivity index (χ4n) is 3.09. The third kappa shape index (κ3) is 3.72. The fraction of sp³-hybridized carbons (Fsp3) is 0.136. The monoisotopic (exact) mass is 355 g/mol. The molecule has 2 aromatic carbocycles. The van der Waals surface area contributed by atoms with Crippen molar-refractivity contribution >= 4 is 33.9 Å². The molecular formula is C22H21N5. The molecule has 0 spiro atoms. The van der Waals surface area contributed by atoms with E-state index in [0.717, 1.165) is 28.1 Å². The molecule has 0 atom stereocenters. The summed E-state index contributed by atoms with van der Waals surface area (Å²) in [7, 11) is 0. The number of anilines is 4. The SMILES string of the molecule is CC(C)c1ccccc1Nc1cc(Nc2cccc3cccnc23)ncn1. The van der Waals surface area contributed by atoms with Crippen LogP contribution in [-0.4, -0.2) is 15.0 Å². The summed E-state index contributed by atoms with van der Waals surface area (Å²) in [6.07, 6.45) is 3.35. The molecule has 2 heterocycles. The summed E-state index contributed by atoms with van der Waals surface area (Å²) in [5.41, 5.74) is 4.14. The van der Waals surface area contributed by atoms with Crippen molar-refractivity contribution in [1.82, 2.24) is 15.0 Å². The third-order valence-corrected chi connectivity index (χ3v) is 4.41. The first-order valence-electron chi connectivity index (χ1n) is 8.99. The average molecular weight is 355 g/mol. The molecule has 27 heavy (non-hydrogen) atoms. The second-order valence-electron chi connectivity index (χ2n) is 6.66. The number of hydrogen-bond acceptors (Lipinski definition) is 5. The van der Waals surface area contributed by atoms with Crippen molar-refractivity contribution in [3.8, 4) is 0 Å². The van der Waals surface area contributed by atoms with E-state index in [2.05, 4.69) is 57.6 Å². The van der Waals surface area contributed by atoms with E-state index in [4.69, 9.17) is 0 Å². The average Bonchev–Trinajstić information content (AvgIpc) is 2.69.